The van der Waals surface area contributed by atoms with E-state index < -0.39 is 24.3 Å². The number of rotatable bonds is 4. The van der Waals surface area contributed by atoms with Gasteiger partial charge in [-0.15, -0.1) is 0 Å². The van der Waals surface area contributed by atoms with Gasteiger partial charge in [0.2, 0.25) is 0 Å². The summed E-state index contributed by atoms with van der Waals surface area (Å²) in [5.41, 5.74) is 6.67. The first-order chi connectivity index (χ1) is 11.5. The standard InChI is InChI=1S/C16H12FN3O4/c1-8-14-11(16(22)23-7-13(18)21)6-12(19-15(14)24-20-8)9-2-4-10(17)5-3-9/h2-6H,7H2,1H3,(H2,18,21). The molecule has 0 spiro atoms. The van der Waals surface area contributed by atoms with Crippen LogP contribution in [0.3, 0.4) is 0 Å². The van der Waals surface area contributed by atoms with Crippen LogP contribution in [-0.2, 0) is 9.53 Å². The summed E-state index contributed by atoms with van der Waals surface area (Å²) in [7, 11) is 0. The Balaban J connectivity index is 2.11. The molecule has 2 heterocycles. The molecule has 1 amide bonds. The van der Waals surface area contributed by atoms with Gasteiger partial charge >= 0.3 is 5.97 Å². The number of nitrogens with two attached hydrogens (primary N) is 1. The molecule has 3 rings (SSSR count). The number of hydrogen-bond donors (Lipinski definition) is 1. The van der Waals surface area contributed by atoms with Gasteiger partial charge in [0, 0.05) is 5.56 Å². The number of aromatic nitrogens is 2. The highest BCUT2D eigenvalue weighted by Gasteiger charge is 2.20. The van der Waals surface area contributed by atoms with E-state index in [0.717, 1.165) is 0 Å². The Bertz CT molecular complexity index is 934. The second kappa shape index (κ2) is 6.07. The van der Waals surface area contributed by atoms with E-state index in [1.54, 1.807) is 6.92 Å². The predicted molar refractivity (Wildman–Crippen MR) is 81.4 cm³/mol. The summed E-state index contributed by atoms with van der Waals surface area (Å²) in [6.07, 6.45) is 0. The Hall–Kier alpha value is -3.29. The van der Waals surface area contributed by atoms with Crippen molar-refractivity contribution in [1.82, 2.24) is 10.1 Å². The van der Waals surface area contributed by atoms with E-state index in [9.17, 15) is 14.0 Å². The Morgan fingerprint density at radius 1 is 1.29 bits per heavy atom. The van der Waals surface area contributed by atoms with E-state index in [0.29, 0.717) is 22.3 Å². The monoisotopic (exact) mass is 329 g/mol. The lowest BCUT2D eigenvalue weighted by Gasteiger charge is -2.06. The van der Waals surface area contributed by atoms with E-state index in [4.69, 9.17) is 15.0 Å². The number of fused-ring (bicyclic) bond motifs is 1. The summed E-state index contributed by atoms with van der Waals surface area (Å²) in [6, 6.07) is 7.06. The highest BCUT2D eigenvalue weighted by atomic mass is 19.1. The first kappa shape index (κ1) is 15.6. The first-order valence-electron chi connectivity index (χ1n) is 6.94. The Labute approximate surface area is 135 Å². The van der Waals surface area contributed by atoms with Crippen LogP contribution in [0.2, 0.25) is 0 Å². The van der Waals surface area contributed by atoms with Gasteiger partial charge in [0.15, 0.2) is 6.61 Å². The number of benzene rings is 1. The van der Waals surface area contributed by atoms with Crippen LogP contribution in [0.25, 0.3) is 22.4 Å². The van der Waals surface area contributed by atoms with Crippen LogP contribution in [0.5, 0.6) is 0 Å². The lowest BCUT2D eigenvalue weighted by Crippen LogP contribution is -2.21. The van der Waals surface area contributed by atoms with Gasteiger partial charge in [-0.3, -0.25) is 4.79 Å². The van der Waals surface area contributed by atoms with Crippen LogP contribution in [0.1, 0.15) is 16.1 Å². The zero-order chi connectivity index (χ0) is 17.3. The summed E-state index contributed by atoms with van der Waals surface area (Å²) in [6.45, 7) is 1.11. The molecule has 0 bridgehead atoms. The molecular formula is C16H12FN3O4. The van der Waals surface area contributed by atoms with Gasteiger partial charge in [0.25, 0.3) is 11.6 Å². The summed E-state index contributed by atoms with van der Waals surface area (Å²) in [4.78, 5) is 27.3. The largest absolute Gasteiger partial charge is 0.452 e. The molecule has 3 aromatic rings. The van der Waals surface area contributed by atoms with Crippen molar-refractivity contribution in [2.75, 3.05) is 6.61 Å². The van der Waals surface area contributed by atoms with Crippen molar-refractivity contribution >= 4 is 23.0 Å². The zero-order valence-electron chi connectivity index (χ0n) is 12.6. The maximum atomic E-state index is 13.1. The second-order valence-electron chi connectivity index (χ2n) is 5.05. The third kappa shape index (κ3) is 2.94. The molecule has 0 atom stereocenters. The number of ether oxygens (including phenoxy) is 1. The van der Waals surface area contributed by atoms with Crippen LogP contribution >= 0.6 is 0 Å². The van der Waals surface area contributed by atoms with Gasteiger partial charge in [0.05, 0.1) is 22.3 Å². The molecule has 0 fully saturated rings. The molecule has 0 saturated carbocycles. The normalized spacial score (nSPS) is 10.8. The maximum absolute atomic E-state index is 13.1. The SMILES string of the molecule is Cc1noc2nc(-c3ccc(F)cc3)cc(C(=O)OCC(N)=O)c12. The minimum atomic E-state index is -0.769. The Morgan fingerprint density at radius 3 is 2.67 bits per heavy atom. The highest BCUT2D eigenvalue weighted by molar-refractivity contribution is 6.04. The van der Waals surface area contributed by atoms with Crippen molar-refractivity contribution in [1.29, 1.82) is 0 Å². The number of esters is 1. The molecule has 0 radical (unpaired) electrons. The molecule has 24 heavy (non-hydrogen) atoms. The van der Waals surface area contributed by atoms with Crippen molar-refractivity contribution in [3.05, 3.63) is 47.4 Å². The zero-order valence-corrected chi connectivity index (χ0v) is 12.6. The van der Waals surface area contributed by atoms with Crippen molar-refractivity contribution in [2.24, 2.45) is 5.73 Å². The molecule has 0 aliphatic heterocycles. The van der Waals surface area contributed by atoms with Crippen LogP contribution in [0.15, 0.2) is 34.9 Å². The van der Waals surface area contributed by atoms with Crippen LogP contribution in [0, 0.1) is 12.7 Å². The molecule has 8 heteroatoms. The smallest absolute Gasteiger partial charge is 0.339 e. The third-order valence-corrected chi connectivity index (χ3v) is 3.32. The summed E-state index contributed by atoms with van der Waals surface area (Å²) in [5, 5.41) is 4.17. The number of carbonyl (C=O) groups excluding carboxylic acids is 2. The van der Waals surface area contributed by atoms with E-state index in [2.05, 4.69) is 10.1 Å². The lowest BCUT2D eigenvalue weighted by molar-refractivity contribution is -0.121. The Kier molecular flexibility index (Phi) is 3.95. The molecule has 0 aliphatic rings. The molecule has 0 aliphatic carbocycles. The van der Waals surface area contributed by atoms with Gasteiger partial charge in [0.1, 0.15) is 5.82 Å². The van der Waals surface area contributed by atoms with Crippen molar-refractivity contribution in [3.63, 3.8) is 0 Å². The number of pyridine rings is 1. The van der Waals surface area contributed by atoms with E-state index in [1.807, 2.05) is 0 Å². The van der Waals surface area contributed by atoms with Crippen LogP contribution in [0.4, 0.5) is 4.39 Å². The summed E-state index contributed by atoms with van der Waals surface area (Å²) < 4.78 is 23.1. The van der Waals surface area contributed by atoms with Gasteiger partial charge < -0.3 is 15.0 Å². The average molecular weight is 329 g/mol. The fraction of sp³-hybridized carbons (Fsp3) is 0.125. The second-order valence-corrected chi connectivity index (χ2v) is 5.05. The number of hydrogen-bond acceptors (Lipinski definition) is 6. The van der Waals surface area contributed by atoms with E-state index >= 15 is 0 Å². The number of nitrogens with zero attached hydrogens (tertiary/aromatic N) is 2. The quantitative estimate of drug-likeness (QED) is 0.733. The molecule has 0 unspecified atom stereocenters. The molecule has 2 aromatic heterocycles. The minimum absolute atomic E-state index is 0.138. The molecule has 7 nitrogen and oxygen atoms in total. The maximum Gasteiger partial charge on any atom is 0.339 e. The van der Waals surface area contributed by atoms with E-state index in [1.165, 1.54) is 30.3 Å². The molecule has 2 N–H and O–H groups in total. The molecule has 122 valence electrons. The summed E-state index contributed by atoms with van der Waals surface area (Å²) >= 11 is 0. The molecular weight excluding hydrogens is 317 g/mol. The van der Waals surface area contributed by atoms with Gasteiger partial charge in [-0.25, -0.2) is 14.2 Å². The lowest BCUT2D eigenvalue weighted by atomic mass is 10.1. The molecule has 0 saturated heterocycles. The van der Waals surface area contributed by atoms with Gasteiger partial charge in [-0.1, -0.05) is 5.16 Å². The number of primary amides is 1. The average Bonchev–Trinajstić information content (AvgIpc) is 2.94. The fourth-order valence-corrected chi connectivity index (χ4v) is 2.24. The van der Waals surface area contributed by atoms with Crippen LogP contribution < -0.4 is 5.73 Å². The number of carbonyl (C=O) groups is 2. The fourth-order valence-electron chi connectivity index (χ4n) is 2.24. The summed E-state index contributed by atoms with van der Waals surface area (Å²) in [5.74, 6) is -1.92. The van der Waals surface area contributed by atoms with Gasteiger partial charge in [-0.05, 0) is 37.3 Å². The Morgan fingerprint density at radius 2 is 2.00 bits per heavy atom. The third-order valence-electron chi connectivity index (χ3n) is 3.32. The van der Waals surface area contributed by atoms with Crippen LogP contribution in [-0.4, -0.2) is 28.6 Å². The first-order valence-corrected chi connectivity index (χ1v) is 6.94. The van der Waals surface area contributed by atoms with Gasteiger partial charge in [-0.2, -0.15) is 0 Å². The van der Waals surface area contributed by atoms with Crippen molar-refractivity contribution in [2.45, 2.75) is 6.92 Å². The topological polar surface area (TPSA) is 108 Å². The van der Waals surface area contributed by atoms with E-state index in [-0.39, 0.29) is 11.3 Å². The van der Waals surface area contributed by atoms with Crippen molar-refractivity contribution in [3.8, 4) is 11.3 Å². The highest BCUT2D eigenvalue weighted by Crippen LogP contribution is 2.27. The number of aryl methyl sites for hydroxylation is 1. The minimum Gasteiger partial charge on any atom is -0.452 e. The predicted octanol–water partition coefficient (Wildman–Crippen LogP) is 1.98. The van der Waals surface area contributed by atoms with Crippen molar-refractivity contribution < 1.29 is 23.2 Å². The number of halogens is 1. The number of amides is 1. The molecule has 1 aromatic carbocycles.